The van der Waals surface area contributed by atoms with Gasteiger partial charge < -0.3 is 32.9 Å². The number of carboxylic acid groups (broad SMARTS) is 2. The minimum absolute atomic E-state index is 0. The van der Waals surface area contributed by atoms with E-state index in [1.54, 1.807) is 0 Å². The van der Waals surface area contributed by atoms with Crippen LogP contribution in [0.2, 0.25) is 0 Å². The number of rotatable bonds is 0. The Hall–Kier alpha value is 0.825. The SMILES string of the molecule is O.O=C([O-])[O][AlH2].O=C([O-])[O][AlH2].[Ca+2]. The van der Waals surface area contributed by atoms with E-state index in [0.717, 1.165) is 0 Å². The summed E-state index contributed by atoms with van der Waals surface area (Å²) in [5.41, 5.74) is 0. The van der Waals surface area contributed by atoms with Gasteiger partial charge in [-0.25, -0.2) is 0 Å². The molecule has 0 bridgehead atoms. The minimum Gasteiger partial charge on any atom is -0.662 e. The van der Waals surface area contributed by atoms with Gasteiger partial charge in [-0.2, -0.15) is 0 Å². The fourth-order valence-corrected chi connectivity index (χ4v) is 0. The van der Waals surface area contributed by atoms with Crippen molar-refractivity contribution in [2.45, 2.75) is 0 Å². The van der Waals surface area contributed by atoms with Crippen LogP contribution in [-0.2, 0) is 7.58 Å². The van der Waals surface area contributed by atoms with Crippen molar-refractivity contribution in [2.75, 3.05) is 0 Å². The molecule has 64 valence electrons. The fourth-order valence-electron chi connectivity index (χ4n) is 0. The van der Waals surface area contributed by atoms with E-state index < -0.39 is 12.3 Å². The van der Waals surface area contributed by atoms with E-state index in [9.17, 15) is 0 Å². The minimum atomic E-state index is -1.43. The van der Waals surface area contributed by atoms with Crippen LogP contribution in [0.4, 0.5) is 9.59 Å². The summed E-state index contributed by atoms with van der Waals surface area (Å²) < 4.78 is 7.39. The molecule has 0 aliphatic carbocycles. The van der Waals surface area contributed by atoms with Crippen molar-refractivity contribution in [3.63, 3.8) is 0 Å². The fraction of sp³-hybridized carbons (Fsp3) is 0. The molecule has 0 amide bonds. The molecule has 0 saturated heterocycles. The number of hydrogen-bond acceptors (Lipinski definition) is 6. The van der Waals surface area contributed by atoms with Crippen LogP contribution in [0.15, 0.2) is 0 Å². The maximum Gasteiger partial charge on any atom is 2.00 e. The maximum absolute atomic E-state index is 9.07. The van der Waals surface area contributed by atoms with E-state index in [2.05, 4.69) is 7.58 Å². The average Bonchev–Trinajstić information content (AvgIpc) is 1.89. The van der Waals surface area contributed by atoms with E-state index in [4.69, 9.17) is 19.8 Å². The molecule has 2 N–H and O–H groups in total. The van der Waals surface area contributed by atoms with Crippen LogP contribution in [0, 0.1) is 0 Å². The van der Waals surface area contributed by atoms with Gasteiger partial charge in [-0.3, -0.25) is 0 Å². The van der Waals surface area contributed by atoms with E-state index in [1.165, 1.54) is 0 Å². The van der Waals surface area contributed by atoms with Crippen molar-refractivity contribution < 1.29 is 32.9 Å². The molecule has 0 fully saturated rings. The summed E-state index contributed by atoms with van der Waals surface area (Å²) in [6, 6.07) is 0. The maximum atomic E-state index is 9.07. The van der Waals surface area contributed by atoms with Gasteiger partial charge in [0.15, 0.2) is 0 Å². The van der Waals surface area contributed by atoms with Gasteiger partial charge in [0.05, 0.1) is 0 Å². The molecular weight excluding hydrogens is 230 g/mol. The second-order valence-corrected chi connectivity index (χ2v) is 1.72. The molecule has 10 heteroatoms. The van der Waals surface area contributed by atoms with E-state index in [-0.39, 0.29) is 76.5 Å². The Morgan fingerprint density at radius 1 is 1.00 bits per heavy atom. The van der Waals surface area contributed by atoms with Gasteiger partial charge in [0, 0.05) is 0 Å². The first-order valence-corrected chi connectivity index (χ1v) is 3.67. The van der Waals surface area contributed by atoms with Crippen LogP contribution in [0.1, 0.15) is 0 Å². The van der Waals surface area contributed by atoms with Crippen LogP contribution in [0.3, 0.4) is 0 Å². The number of hydrogen-bond donors (Lipinski definition) is 0. The Balaban J connectivity index is -0.0000000457. The van der Waals surface area contributed by atoms with E-state index >= 15 is 0 Å². The standard InChI is InChI=1S/2CH2O3.2Al.Ca.H2O.4H/c2*2-1(3)4;;;;;;;;/h2*(H2,2,3,4);;;;1H2;;;;/q;;2*+1;+2;;;;;/p-4. The predicted molar refractivity (Wildman–Crippen MR) is 39.4 cm³/mol. The van der Waals surface area contributed by atoms with Gasteiger partial charge in [0.25, 0.3) is 0 Å². The molecule has 0 aliphatic heterocycles. The van der Waals surface area contributed by atoms with Gasteiger partial charge in [0.1, 0.15) is 0 Å². The topological polar surface area (TPSA) is 130 Å². The van der Waals surface area contributed by atoms with Crippen LogP contribution in [0.25, 0.3) is 0 Å². The molecule has 0 aromatic rings. The van der Waals surface area contributed by atoms with Crippen LogP contribution in [0.5, 0.6) is 0 Å². The normalized spacial score (nSPS) is 5.33. The molecule has 0 atom stereocenters. The second-order valence-electron chi connectivity index (χ2n) is 0.908. The molecule has 0 aromatic heterocycles. The quantitative estimate of drug-likeness (QED) is 0.386. The zero-order valence-electron chi connectivity index (χ0n) is 6.66. The van der Waals surface area contributed by atoms with Gasteiger partial charge in [-0.1, -0.05) is 0 Å². The zero-order valence-corrected chi connectivity index (χ0v) is 12.9. The molecule has 12 heavy (non-hydrogen) atoms. The van der Waals surface area contributed by atoms with Gasteiger partial charge in [-0.05, 0) is 0 Å². The Bertz CT molecular complexity index is 104. The smallest absolute Gasteiger partial charge is 0.662 e. The Kier molecular flexibility index (Phi) is 34.1. The molecule has 0 aromatic carbocycles. The van der Waals surface area contributed by atoms with E-state index in [0.29, 0.717) is 0 Å². The molecule has 0 heterocycles. The summed E-state index contributed by atoms with van der Waals surface area (Å²) >= 11 is 0.423. The third-order valence-electron chi connectivity index (χ3n) is 0.333. The van der Waals surface area contributed by atoms with Crippen molar-refractivity contribution in [2.24, 2.45) is 0 Å². The summed E-state index contributed by atoms with van der Waals surface area (Å²) in [4.78, 5) is 18.1. The third-order valence-corrected chi connectivity index (χ3v) is 1.00. The molecule has 0 saturated carbocycles. The largest absolute Gasteiger partial charge is 2.00 e. The van der Waals surface area contributed by atoms with Crippen LogP contribution < -0.4 is 10.2 Å². The first kappa shape index (κ1) is 23.0. The van der Waals surface area contributed by atoms with Crippen molar-refractivity contribution in [1.29, 1.82) is 0 Å². The molecule has 7 nitrogen and oxygen atoms in total. The van der Waals surface area contributed by atoms with Gasteiger partial charge in [-0.15, -0.1) is 0 Å². The Morgan fingerprint density at radius 2 is 1.08 bits per heavy atom. The van der Waals surface area contributed by atoms with Crippen LogP contribution in [-0.4, -0.2) is 88.8 Å². The summed E-state index contributed by atoms with van der Waals surface area (Å²) in [6.45, 7) is 0. The summed E-state index contributed by atoms with van der Waals surface area (Å²) in [5, 5.41) is 18.1. The van der Waals surface area contributed by atoms with E-state index in [1.807, 2.05) is 0 Å². The van der Waals surface area contributed by atoms with Crippen molar-refractivity contribution in [1.82, 2.24) is 0 Å². The molecular formula is C2H6Al2CaO7. The monoisotopic (exact) mass is 236 g/mol. The summed E-state index contributed by atoms with van der Waals surface area (Å²) in [7, 11) is 0. The number of carbonyl (C=O) groups excluding carboxylic acids is 2. The van der Waals surface area contributed by atoms with Gasteiger partial charge >= 0.3 is 71.0 Å². The van der Waals surface area contributed by atoms with Crippen LogP contribution >= 0.6 is 0 Å². The average molecular weight is 236 g/mol. The molecule has 0 aliphatic rings. The molecule has 0 unspecified atom stereocenters. The van der Waals surface area contributed by atoms with Gasteiger partial charge in [0.2, 0.25) is 12.3 Å². The third kappa shape index (κ3) is 44.9. The van der Waals surface area contributed by atoms with Crippen molar-refractivity contribution in [3.8, 4) is 0 Å². The zero-order chi connectivity index (χ0) is 8.57. The van der Waals surface area contributed by atoms with Crippen molar-refractivity contribution in [3.05, 3.63) is 0 Å². The Morgan fingerprint density at radius 3 is 1.08 bits per heavy atom. The molecule has 0 rings (SSSR count). The summed E-state index contributed by atoms with van der Waals surface area (Å²) in [5.74, 6) is 0. The summed E-state index contributed by atoms with van der Waals surface area (Å²) in [6.07, 6.45) is -2.87. The van der Waals surface area contributed by atoms with Crippen molar-refractivity contribution >= 4 is 83.3 Å². The Labute approximate surface area is 115 Å². The predicted octanol–water partition coefficient (Wildman–Crippen LogP) is -5.42. The second kappa shape index (κ2) is 17.8. The first-order valence-electron chi connectivity index (χ1n) is 2.04. The number of carbonyl (C=O) groups is 2. The first-order chi connectivity index (χ1) is 4.54. The molecule has 0 radical (unpaired) electrons. The molecule has 0 spiro atoms.